The highest BCUT2D eigenvalue weighted by atomic mass is 16.1. The van der Waals surface area contributed by atoms with E-state index >= 15 is 0 Å². The maximum Gasteiger partial charge on any atom is 0.228 e. The van der Waals surface area contributed by atoms with Crippen LogP contribution in [-0.2, 0) is 11.8 Å². The predicted molar refractivity (Wildman–Crippen MR) is 129 cm³/mol. The van der Waals surface area contributed by atoms with Crippen molar-refractivity contribution in [3.8, 4) is 11.3 Å². The molecule has 10 heteroatoms. The van der Waals surface area contributed by atoms with Crippen molar-refractivity contribution in [1.82, 2.24) is 29.6 Å². The molecule has 4 N–H and O–H groups in total. The minimum absolute atomic E-state index is 0.136. The molecule has 0 aliphatic rings. The van der Waals surface area contributed by atoms with Crippen molar-refractivity contribution in [2.45, 2.75) is 19.4 Å². The molecule has 0 aliphatic heterocycles. The summed E-state index contributed by atoms with van der Waals surface area (Å²) in [5, 5.41) is 27.2. The molecule has 0 spiro atoms. The Bertz CT molecular complexity index is 1370. The largest absolute Gasteiger partial charge is 0.349 e. The summed E-state index contributed by atoms with van der Waals surface area (Å²) in [6.45, 7) is 1.45. The van der Waals surface area contributed by atoms with Gasteiger partial charge in [-0.05, 0) is 23.8 Å². The lowest BCUT2D eigenvalue weighted by atomic mass is 10.0. The van der Waals surface area contributed by atoms with Gasteiger partial charge in [0.15, 0.2) is 0 Å². The number of nitrogens with zero attached hydrogens (tertiary/aromatic N) is 5. The number of nitrogens with one attached hydrogen (secondary N) is 4. The van der Waals surface area contributed by atoms with Crippen LogP contribution >= 0.6 is 0 Å². The zero-order chi connectivity index (χ0) is 24.1. The maximum atomic E-state index is 11.7. The number of aromatic nitrogens is 5. The molecule has 1 aromatic carbocycles. The van der Waals surface area contributed by atoms with Crippen LogP contribution in [0.1, 0.15) is 24.9 Å². The third-order valence-corrected chi connectivity index (χ3v) is 5.23. The first kappa shape index (κ1) is 22.6. The third-order valence-electron chi connectivity index (χ3n) is 5.23. The number of benzene rings is 1. The van der Waals surface area contributed by atoms with Crippen molar-refractivity contribution in [3.05, 3.63) is 84.2 Å². The van der Waals surface area contributed by atoms with Crippen molar-refractivity contribution < 1.29 is 4.79 Å². The zero-order valence-electron chi connectivity index (χ0n) is 18.9. The molecule has 0 saturated carbocycles. The Morgan fingerprint density at radius 3 is 2.59 bits per heavy atom. The van der Waals surface area contributed by atoms with Gasteiger partial charge in [0.2, 0.25) is 11.9 Å². The molecule has 3 heterocycles. The van der Waals surface area contributed by atoms with Crippen LogP contribution in [0.5, 0.6) is 0 Å². The molecule has 0 saturated heterocycles. The summed E-state index contributed by atoms with van der Waals surface area (Å²) in [6.07, 6.45) is 5.24. The van der Waals surface area contributed by atoms with Gasteiger partial charge in [0.05, 0.1) is 17.9 Å². The molecule has 10 nitrogen and oxygen atoms in total. The lowest BCUT2D eigenvalue weighted by molar-refractivity contribution is -0.119. The van der Waals surface area contributed by atoms with Crippen LogP contribution in [0.2, 0.25) is 0 Å². The number of anilines is 2. The van der Waals surface area contributed by atoms with Gasteiger partial charge in [0, 0.05) is 44.4 Å². The van der Waals surface area contributed by atoms with Crippen molar-refractivity contribution >= 4 is 23.5 Å². The quantitative estimate of drug-likeness (QED) is 0.251. The van der Waals surface area contributed by atoms with Crippen LogP contribution in [0.3, 0.4) is 0 Å². The minimum Gasteiger partial charge on any atom is -0.349 e. The summed E-state index contributed by atoms with van der Waals surface area (Å²) < 4.78 is 3.16. The fourth-order valence-electron chi connectivity index (χ4n) is 3.56. The summed E-state index contributed by atoms with van der Waals surface area (Å²) in [5.41, 5.74) is 2.41. The van der Waals surface area contributed by atoms with Crippen molar-refractivity contribution in [2.24, 2.45) is 7.05 Å². The predicted octanol–water partition coefficient (Wildman–Crippen LogP) is 2.99. The van der Waals surface area contributed by atoms with Crippen LogP contribution in [0.25, 0.3) is 11.3 Å². The Morgan fingerprint density at radius 2 is 1.91 bits per heavy atom. The summed E-state index contributed by atoms with van der Waals surface area (Å²) in [7, 11) is 1.82. The SMILES string of the molecule is CC(=O)NC(CC(=N)n1ccc(-c2ccnc(Nc3ccnn3C)n2)cc1=N)c1ccccc1. The monoisotopic (exact) mass is 455 g/mol. The number of amides is 1. The van der Waals surface area contributed by atoms with Gasteiger partial charge >= 0.3 is 0 Å². The lowest BCUT2D eigenvalue weighted by Gasteiger charge is -2.20. The lowest BCUT2D eigenvalue weighted by Crippen LogP contribution is -2.32. The number of hydrogen-bond donors (Lipinski definition) is 4. The topological polar surface area (TPSA) is 137 Å². The van der Waals surface area contributed by atoms with Crippen LogP contribution in [0, 0.1) is 10.8 Å². The molecular formula is C24H25N9O. The van der Waals surface area contributed by atoms with Crippen molar-refractivity contribution in [1.29, 1.82) is 10.8 Å². The molecule has 1 atom stereocenters. The Kier molecular flexibility index (Phi) is 6.58. The molecule has 0 aliphatic carbocycles. The van der Waals surface area contributed by atoms with Gasteiger partial charge in [-0.15, -0.1) is 0 Å². The van der Waals surface area contributed by atoms with E-state index in [0.717, 1.165) is 16.9 Å². The minimum atomic E-state index is -0.361. The molecular weight excluding hydrogens is 430 g/mol. The number of aryl methyl sites for hydroxylation is 1. The molecule has 0 fully saturated rings. The fraction of sp³-hybridized carbons (Fsp3) is 0.167. The Labute approximate surface area is 196 Å². The highest BCUT2D eigenvalue weighted by Crippen LogP contribution is 2.20. The first-order valence-corrected chi connectivity index (χ1v) is 10.7. The summed E-state index contributed by atoms with van der Waals surface area (Å²) >= 11 is 0. The smallest absolute Gasteiger partial charge is 0.228 e. The molecule has 1 unspecified atom stereocenters. The van der Waals surface area contributed by atoms with E-state index in [1.165, 1.54) is 11.5 Å². The average molecular weight is 456 g/mol. The maximum absolute atomic E-state index is 11.7. The Morgan fingerprint density at radius 1 is 1.12 bits per heavy atom. The zero-order valence-corrected chi connectivity index (χ0v) is 18.9. The molecule has 34 heavy (non-hydrogen) atoms. The van der Waals surface area contributed by atoms with Gasteiger partial charge in [-0.25, -0.2) is 9.97 Å². The van der Waals surface area contributed by atoms with E-state index in [0.29, 0.717) is 11.6 Å². The standard InChI is InChI=1S/C24H25N9O/c1-16(34)29-20(17-6-4-3-5-7-17)15-22(26)33-13-10-18(14-21(33)25)19-8-11-27-24(30-19)31-23-9-12-28-32(23)2/h3-14,20,25-26H,15H2,1-2H3,(H,29,34)(H,27,30,31). The van der Waals surface area contributed by atoms with Gasteiger partial charge in [0.25, 0.3) is 0 Å². The molecule has 4 rings (SSSR count). The van der Waals surface area contributed by atoms with Crippen molar-refractivity contribution in [3.63, 3.8) is 0 Å². The third kappa shape index (κ3) is 5.23. The van der Waals surface area contributed by atoms with E-state index in [-0.39, 0.29) is 29.7 Å². The van der Waals surface area contributed by atoms with Crippen LogP contribution in [0.4, 0.5) is 11.8 Å². The van der Waals surface area contributed by atoms with Crippen LogP contribution < -0.4 is 16.1 Å². The number of pyridine rings is 1. The van der Waals surface area contributed by atoms with Crippen molar-refractivity contribution in [2.75, 3.05) is 5.32 Å². The van der Waals surface area contributed by atoms with E-state index in [1.54, 1.807) is 41.5 Å². The summed E-state index contributed by atoms with van der Waals surface area (Å²) in [5.74, 6) is 1.19. The fourth-order valence-corrected chi connectivity index (χ4v) is 3.56. The second-order valence-electron chi connectivity index (χ2n) is 7.72. The van der Waals surface area contributed by atoms with Gasteiger partial charge in [-0.1, -0.05) is 30.3 Å². The van der Waals surface area contributed by atoms with Crippen LogP contribution in [-0.4, -0.2) is 36.1 Å². The van der Waals surface area contributed by atoms with E-state index < -0.39 is 0 Å². The molecule has 4 aromatic rings. The second kappa shape index (κ2) is 9.90. The number of rotatable bonds is 7. The summed E-state index contributed by atoms with van der Waals surface area (Å²) in [4.78, 5) is 20.5. The number of carbonyl (C=O) groups excluding carboxylic acids is 1. The highest BCUT2D eigenvalue weighted by molar-refractivity contribution is 5.83. The highest BCUT2D eigenvalue weighted by Gasteiger charge is 2.16. The normalized spacial score (nSPS) is 11.6. The van der Waals surface area contributed by atoms with E-state index in [2.05, 4.69) is 25.7 Å². The van der Waals surface area contributed by atoms with Crippen LogP contribution in [0.15, 0.2) is 73.2 Å². The molecule has 0 bridgehead atoms. The van der Waals surface area contributed by atoms with Gasteiger partial charge < -0.3 is 10.6 Å². The second-order valence-corrected chi connectivity index (χ2v) is 7.72. The van der Waals surface area contributed by atoms with Gasteiger partial charge in [-0.2, -0.15) is 5.10 Å². The number of carbonyl (C=O) groups is 1. The first-order valence-electron chi connectivity index (χ1n) is 10.7. The molecule has 172 valence electrons. The van der Waals surface area contributed by atoms with Gasteiger partial charge in [0.1, 0.15) is 17.1 Å². The van der Waals surface area contributed by atoms with E-state index in [9.17, 15) is 4.79 Å². The average Bonchev–Trinajstić information content (AvgIpc) is 3.23. The Balaban J connectivity index is 1.54. The Hall–Kier alpha value is -4.60. The van der Waals surface area contributed by atoms with E-state index in [4.69, 9.17) is 10.8 Å². The van der Waals surface area contributed by atoms with Gasteiger partial charge in [-0.3, -0.25) is 24.9 Å². The van der Waals surface area contributed by atoms with E-state index in [1.807, 2.05) is 43.4 Å². The first-order chi connectivity index (χ1) is 16.4. The summed E-state index contributed by atoms with van der Waals surface area (Å²) in [6, 6.07) is 16.2. The molecule has 1 amide bonds. The molecule has 0 radical (unpaired) electrons. The molecule has 3 aromatic heterocycles. The number of hydrogen-bond acceptors (Lipinski definition) is 7.